The zero-order valence-corrected chi connectivity index (χ0v) is 11.2. The summed E-state index contributed by atoms with van der Waals surface area (Å²) >= 11 is 5.88. The van der Waals surface area contributed by atoms with Crippen molar-refractivity contribution in [3.63, 3.8) is 0 Å². The Kier molecular flexibility index (Phi) is 3.86. The van der Waals surface area contributed by atoms with E-state index in [1.54, 1.807) is 24.4 Å². The molecule has 18 heavy (non-hydrogen) atoms. The standard InChI is InChI=1S/C10H12ClN3O3S/c1-17-7-5-12-18(15,16)10-9(11)13-8-4-2-3-6-14(8)10/h2-4,6,12H,5,7H2,1H3. The summed E-state index contributed by atoms with van der Waals surface area (Å²) in [4.78, 5) is 3.99. The normalized spacial score (nSPS) is 12.1. The Labute approximate surface area is 110 Å². The first-order chi connectivity index (χ1) is 8.56. The number of rotatable bonds is 5. The van der Waals surface area contributed by atoms with E-state index < -0.39 is 10.0 Å². The lowest BCUT2D eigenvalue weighted by Crippen LogP contribution is -2.28. The molecule has 0 amide bonds. The van der Waals surface area contributed by atoms with E-state index in [1.807, 2.05) is 0 Å². The van der Waals surface area contributed by atoms with Crippen molar-refractivity contribution in [1.82, 2.24) is 14.1 Å². The Morgan fingerprint density at radius 3 is 3.00 bits per heavy atom. The molecule has 6 nitrogen and oxygen atoms in total. The molecule has 0 aliphatic rings. The van der Waals surface area contributed by atoms with Crippen molar-refractivity contribution in [2.75, 3.05) is 20.3 Å². The summed E-state index contributed by atoms with van der Waals surface area (Å²) in [5.41, 5.74) is 0.481. The molecular weight excluding hydrogens is 278 g/mol. The molecule has 0 aromatic carbocycles. The Balaban J connectivity index is 2.43. The van der Waals surface area contributed by atoms with Crippen molar-refractivity contribution in [3.05, 3.63) is 29.5 Å². The summed E-state index contributed by atoms with van der Waals surface area (Å²) in [5.74, 6) is 0. The van der Waals surface area contributed by atoms with Gasteiger partial charge in [0.15, 0.2) is 10.2 Å². The zero-order chi connectivity index (χ0) is 13.2. The van der Waals surface area contributed by atoms with Crippen LogP contribution in [0.4, 0.5) is 0 Å². The molecule has 0 unspecified atom stereocenters. The molecule has 8 heteroatoms. The quantitative estimate of drug-likeness (QED) is 0.831. The first-order valence-corrected chi connectivity index (χ1v) is 7.03. The number of aromatic nitrogens is 2. The molecule has 0 spiro atoms. The van der Waals surface area contributed by atoms with Gasteiger partial charge >= 0.3 is 0 Å². The molecular formula is C10H12ClN3O3S. The SMILES string of the molecule is COCCNS(=O)(=O)c1c(Cl)nc2ccccn12. The largest absolute Gasteiger partial charge is 0.383 e. The highest BCUT2D eigenvalue weighted by Gasteiger charge is 2.23. The fraction of sp³-hybridized carbons (Fsp3) is 0.300. The van der Waals surface area contributed by atoms with E-state index in [4.69, 9.17) is 16.3 Å². The van der Waals surface area contributed by atoms with Crippen LogP contribution in [0.25, 0.3) is 5.65 Å². The summed E-state index contributed by atoms with van der Waals surface area (Å²) in [7, 11) is -2.21. The van der Waals surface area contributed by atoms with Gasteiger partial charge in [-0.15, -0.1) is 0 Å². The number of nitrogens with one attached hydrogen (secondary N) is 1. The molecule has 0 atom stereocenters. The molecule has 2 aromatic rings. The predicted molar refractivity (Wildman–Crippen MR) is 67.3 cm³/mol. The van der Waals surface area contributed by atoms with Crippen molar-refractivity contribution in [2.45, 2.75) is 5.03 Å². The number of sulfonamides is 1. The van der Waals surface area contributed by atoms with Gasteiger partial charge in [-0.1, -0.05) is 17.7 Å². The molecule has 0 radical (unpaired) electrons. The van der Waals surface area contributed by atoms with Crippen LogP contribution in [0.1, 0.15) is 0 Å². The van der Waals surface area contributed by atoms with Crippen LogP contribution in [0.3, 0.4) is 0 Å². The Bertz CT molecular complexity index is 653. The third-order valence-electron chi connectivity index (χ3n) is 2.30. The van der Waals surface area contributed by atoms with Crippen molar-refractivity contribution >= 4 is 27.3 Å². The Hall–Kier alpha value is -1.15. The van der Waals surface area contributed by atoms with Gasteiger partial charge in [0, 0.05) is 19.9 Å². The minimum Gasteiger partial charge on any atom is -0.383 e. The van der Waals surface area contributed by atoms with Gasteiger partial charge < -0.3 is 4.74 Å². The number of methoxy groups -OCH3 is 1. The smallest absolute Gasteiger partial charge is 0.259 e. The van der Waals surface area contributed by atoms with Gasteiger partial charge in [-0.2, -0.15) is 0 Å². The fourth-order valence-electron chi connectivity index (χ4n) is 1.53. The predicted octanol–water partition coefficient (Wildman–Crippen LogP) is 0.912. The average molecular weight is 290 g/mol. The number of hydrogen-bond donors (Lipinski definition) is 1. The summed E-state index contributed by atoms with van der Waals surface area (Å²) in [6, 6.07) is 5.15. The van der Waals surface area contributed by atoms with Crippen molar-refractivity contribution in [1.29, 1.82) is 0 Å². The van der Waals surface area contributed by atoms with Crippen molar-refractivity contribution < 1.29 is 13.2 Å². The molecule has 2 heterocycles. The van der Waals surface area contributed by atoms with Gasteiger partial charge in [-0.3, -0.25) is 4.40 Å². The number of halogens is 1. The molecule has 98 valence electrons. The van der Waals surface area contributed by atoms with E-state index in [9.17, 15) is 8.42 Å². The Morgan fingerprint density at radius 2 is 2.28 bits per heavy atom. The first-order valence-electron chi connectivity index (χ1n) is 5.17. The van der Waals surface area contributed by atoms with Crippen molar-refractivity contribution in [3.8, 4) is 0 Å². The van der Waals surface area contributed by atoms with E-state index in [1.165, 1.54) is 11.5 Å². The summed E-state index contributed by atoms with van der Waals surface area (Å²) in [6.07, 6.45) is 1.60. The number of ether oxygens (including phenoxy) is 1. The molecule has 0 aliphatic carbocycles. The van der Waals surface area contributed by atoms with E-state index in [0.717, 1.165) is 0 Å². The first kappa shape index (κ1) is 13.3. The fourth-order valence-corrected chi connectivity index (χ4v) is 3.18. The van der Waals surface area contributed by atoms with Gasteiger partial charge in [-0.05, 0) is 12.1 Å². The number of imidazole rings is 1. The van der Waals surface area contributed by atoms with E-state index in [0.29, 0.717) is 5.65 Å². The molecule has 2 aromatic heterocycles. The topological polar surface area (TPSA) is 72.7 Å². The lowest BCUT2D eigenvalue weighted by atomic mass is 10.5. The third kappa shape index (κ3) is 2.49. The number of pyridine rings is 1. The summed E-state index contributed by atoms with van der Waals surface area (Å²) in [6.45, 7) is 0.461. The van der Waals surface area contributed by atoms with Crippen molar-refractivity contribution in [2.24, 2.45) is 0 Å². The minimum absolute atomic E-state index is 0.0499. The van der Waals surface area contributed by atoms with E-state index in [2.05, 4.69) is 9.71 Å². The highest BCUT2D eigenvalue weighted by Crippen LogP contribution is 2.21. The van der Waals surface area contributed by atoms with Gasteiger partial charge in [0.05, 0.1) is 6.61 Å². The number of nitrogens with zero attached hydrogens (tertiary/aromatic N) is 2. The van der Waals surface area contributed by atoms with Crippen LogP contribution in [0.5, 0.6) is 0 Å². The lowest BCUT2D eigenvalue weighted by molar-refractivity contribution is 0.204. The second-order valence-electron chi connectivity index (χ2n) is 3.53. The van der Waals surface area contributed by atoms with Gasteiger partial charge in [0.2, 0.25) is 0 Å². The molecule has 1 N–H and O–H groups in total. The maximum atomic E-state index is 12.1. The van der Waals surface area contributed by atoms with Crippen LogP contribution in [0.15, 0.2) is 29.4 Å². The molecule has 2 rings (SSSR count). The Morgan fingerprint density at radius 1 is 1.50 bits per heavy atom. The molecule has 0 bridgehead atoms. The monoisotopic (exact) mass is 289 g/mol. The van der Waals surface area contributed by atoms with Gasteiger partial charge in [-0.25, -0.2) is 18.1 Å². The highest BCUT2D eigenvalue weighted by molar-refractivity contribution is 7.89. The van der Waals surface area contributed by atoms with E-state index >= 15 is 0 Å². The zero-order valence-electron chi connectivity index (χ0n) is 9.63. The second kappa shape index (κ2) is 5.23. The van der Waals surface area contributed by atoms with Crippen LogP contribution in [0, 0.1) is 0 Å². The van der Waals surface area contributed by atoms with Crippen LogP contribution < -0.4 is 4.72 Å². The third-order valence-corrected chi connectivity index (χ3v) is 4.16. The van der Waals surface area contributed by atoms with Gasteiger partial charge in [0.1, 0.15) is 5.65 Å². The summed E-state index contributed by atoms with van der Waals surface area (Å²) in [5, 5.41) is -0.109. The van der Waals surface area contributed by atoms with E-state index in [-0.39, 0.29) is 23.3 Å². The second-order valence-corrected chi connectivity index (χ2v) is 5.57. The maximum absolute atomic E-state index is 12.1. The van der Waals surface area contributed by atoms with Crippen LogP contribution in [0.2, 0.25) is 5.15 Å². The molecule has 0 saturated carbocycles. The number of fused-ring (bicyclic) bond motifs is 1. The molecule has 0 aliphatic heterocycles. The average Bonchev–Trinajstić information content (AvgIpc) is 2.65. The number of hydrogen-bond acceptors (Lipinski definition) is 4. The highest BCUT2D eigenvalue weighted by atomic mass is 35.5. The van der Waals surface area contributed by atoms with Crippen LogP contribution in [-0.2, 0) is 14.8 Å². The molecule has 0 saturated heterocycles. The minimum atomic E-state index is -3.71. The van der Waals surface area contributed by atoms with Gasteiger partial charge in [0.25, 0.3) is 10.0 Å². The van der Waals surface area contributed by atoms with Crippen LogP contribution in [-0.4, -0.2) is 38.1 Å². The molecule has 0 fully saturated rings. The maximum Gasteiger partial charge on any atom is 0.259 e. The lowest BCUT2D eigenvalue weighted by Gasteiger charge is -2.06. The summed E-state index contributed by atoms with van der Waals surface area (Å²) < 4.78 is 32.8. The van der Waals surface area contributed by atoms with Crippen LogP contribution >= 0.6 is 11.6 Å².